The van der Waals surface area contributed by atoms with Crippen LogP contribution in [0.5, 0.6) is 5.75 Å². The zero-order valence-corrected chi connectivity index (χ0v) is 14.8. The van der Waals surface area contributed by atoms with Gasteiger partial charge >= 0.3 is 13.2 Å². The number of benzene rings is 1. The molecule has 27 heavy (non-hydrogen) atoms. The van der Waals surface area contributed by atoms with Crippen molar-refractivity contribution in [1.82, 2.24) is 5.32 Å². The minimum Gasteiger partial charge on any atom is -0.435 e. The van der Waals surface area contributed by atoms with E-state index in [1.54, 1.807) is 0 Å². The molecule has 0 aliphatic heterocycles. The second-order valence-electron chi connectivity index (χ2n) is 6.60. The van der Waals surface area contributed by atoms with Crippen molar-refractivity contribution in [1.29, 1.82) is 0 Å². The van der Waals surface area contributed by atoms with Crippen LogP contribution in [0.1, 0.15) is 44.2 Å². The Kier molecular flexibility index (Phi) is 7.43. The lowest BCUT2D eigenvalue weighted by Crippen LogP contribution is -2.36. The molecule has 1 unspecified atom stereocenters. The molecule has 0 aromatic heterocycles. The molecule has 1 saturated carbocycles. The largest absolute Gasteiger partial charge is 0.435 e. The lowest BCUT2D eigenvalue weighted by Gasteiger charge is -2.23. The Morgan fingerprint density at radius 3 is 2.52 bits per heavy atom. The summed E-state index contributed by atoms with van der Waals surface area (Å²) in [4.78, 5) is 12.3. The van der Waals surface area contributed by atoms with Gasteiger partial charge in [0.25, 0.3) is 0 Å². The number of carbonyl (C=O) groups excluding carboxylic acids is 1. The van der Waals surface area contributed by atoms with Gasteiger partial charge in [-0.05, 0) is 42.4 Å². The van der Waals surface area contributed by atoms with E-state index in [-0.39, 0.29) is 23.1 Å². The third-order valence-electron chi connectivity index (χ3n) is 4.89. The number of amides is 1. The van der Waals surface area contributed by atoms with Crippen molar-refractivity contribution < 1.29 is 36.9 Å². The van der Waals surface area contributed by atoms with Crippen LogP contribution in [0.4, 0.5) is 17.6 Å². The minimum atomic E-state index is -3.05. The normalized spacial score (nSPS) is 17.6. The second kappa shape index (κ2) is 9.36. The fraction of sp³-hybridized carbons (Fsp3) is 0.611. The molecular formula is C18H23F4NO4. The molecule has 0 heterocycles. The van der Waals surface area contributed by atoms with Crippen LogP contribution in [0, 0.1) is 5.41 Å². The van der Waals surface area contributed by atoms with Crippen molar-refractivity contribution in [2.75, 3.05) is 6.61 Å². The van der Waals surface area contributed by atoms with E-state index in [9.17, 15) is 27.5 Å². The Bertz CT molecular complexity index is 625. The average molecular weight is 393 g/mol. The van der Waals surface area contributed by atoms with Crippen molar-refractivity contribution in [3.05, 3.63) is 29.8 Å². The summed E-state index contributed by atoms with van der Waals surface area (Å²) in [6.07, 6.45) is 1.41. The van der Waals surface area contributed by atoms with E-state index in [4.69, 9.17) is 0 Å². The Balaban J connectivity index is 2.06. The number of hydrogen-bond acceptors (Lipinski definition) is 4. The smallest absolute Gasteiger partial charge is 0.387 e. The van der Waals surface area contributed by atoms with Gasteiger partial charge in [0.15, 0.2) is 0 Å². The number of aliphatic hydroxyl groups is 1. The van der Waals surface area contributed by atoms with E-state index in [1.165, 1.54) is 24.3 Å². The predicted molar refractivity (Wildman–Crippen MR) is 88.5 cm³/mol. The number of aliphatic hydroxyl groups excluding tert-OH is 1. The zero-order valence-electron chi connectivity index (χ0n) is 14.8. The molecular weight excluding hydrogens is 370 g/mol. The van der Waals surface area contributed by atoms with Crippen LogP contribution >= 0.6 is 0 Å². The Morgan fingerprint density at radius 1 is 1.26 bits per heavy atom. The van der Waals surface area contributed by atoms with Gasteiger partial charge in [-0.15, -0.1) is 0 Å². The molecule has 0 saturated heterocycles. The van der Waals surface area contributed by atoms with Crippen LogP contribution in [0.2, 0.25) is 0 Å². The monoisotopic (exact) mass is 393 g/mol. The predicted octanol–water partition coefficient (Wildman–Crippen LogP) is 3.63. The first-order chi connectivity index (χ1) is 12.8. The lowest BCUT2D eigenvalue weighted by atomic mass is 9.93. The molecule has 9 heteroatoms. The number of ether oxygens (including phenoxy) is 2. The number of hydrogen-bond donors (Lipinski definition) is 2. The molecule has 5 nitrogen and oxygen atoms in total. The van der Waals surface area contributed by atoms with Crippen LogP contribution in [0.25, 0.3) is 0 Å². The van der Waals surface area contributed by atoms with E-state index in [1.807, 2.05) is 6.92 Å². The van der Waals surface area contributed by atoms with Gasteiger partial charge in [0.05, 0.1) is 25.2 Å². The van der Waals surface area contributed by atoms with E-state index >= 15 is 0 Å². The number of alkyl halides is 4. The highest BCUT2D eigenvalue weighted by Crippen LogP contribution is 2.52. The first-order valence-electron chi connectivity index (χ1n) is 8.67. The van der Waals surface area contributed by atoms with Crippen LogP contribution in [0.3, 0.4) is 0 Å². The van der Waals surface area contributed by atoms with Crippen molar-refractivity contribution in [3.8, 4) is 5.75 Å². The molecule has 0 radical (unpaired) electrons. The van der Waals surface area contributed by atoms with Gasteiger partial charge in [-0.2, -0.15) is 17.6 Å². The summed E-state index contributed by atoms with van der Waals surface area (Å²) in [6.45, 7) is -4.71. The minimum absolute atomic E-state index is 0.165. The molecule has 2 rings (SSSR count). The summed E-state index contributed by atoms with van der Waals surface area (Å²) in [5.74, 6) is -0.702. The van der Waals surface area contributed by atoms with E-state index < -0.39 is 37.9 Å². The highest BCUT2D eigenvalue weighted by atomic mass is 19.3. The molecule has 1 aliphatic carbocycles. The SMILES string of the molecule is CCC1(C(O)CC(=O)N[C@@H](COC(F)F)c2cccc(OC(F)F)c2)CC1. The number of carbonyl (C=O) groups is 1. The Hall–Kier alpha value is -1.87. The zero-order chi connectivity index (χ0) is 20.0. The van der Waals surface area contributed by atoms with E-state index in [2.05, 4.69) is 14.8 Å². The van der Waals surface area contributed by atoms with Crippen LogP contribution < -0.4 is 10.1 Å². The quantitative estimate of drug-likeness (QED) is 0.564. The topological polar surface area (TPSA) is 67.8 Å². The highest BCUT2D eigenvalue weighted by Gasteiger charge is 2.47. The molecule has 2 atom stereocenters. The molecule has 1 aromatic rings. The molecule has 152 valence electrons. The summed E-state index contributed by atoms with van der Waals surface area (Å²) >= 11 is 0. The van der Waals surface area contributed by atoms with Crippen LogP contribution in [-0.4, -0.2) is 36.9 Å². The Morgan fingerprint density at radius 2 is 1.96 bits per heavy atom. The standard InChI is InChI=1S/C18H23F4NO4/c1-2-18(6-7-18)14(24)9-15(25)23-13(10-26-16(19)20)11-4-3-5-12(8-11)27-17(21)22/h3-5,8,13-14,16-17,24H,2,6-7,9-10H2,1H3,(H,23,25)/t13-,14?/m0/s1. The maximum atomic E-state index is 12.4. The summed E-state index contributed by atoms with van der Waals surface area (Å²) in [6, 6.07) is 4.38. The van der Waals surface area contributed by atoms with Gasteiger partial charge < -0.3 is 19.9 Å². The second-order valence-corrected chi connectivity index (χ2v) is 6.60. The van der Waals surface area contributed by atoms with Crippen LogP contribution in [-0.2, 0) is 9.53 Å². The summed E-state index contributed by atoms with van der Waals surface area (Å²) in [7, 11) is 0. The molecule has 0 spiro atoms. The fourth-order valence-corrected chi connectivity index (χ4v) is 3.03. The van der Waals surface area contributed by atoms with Gasteiger partial charge in [-0.3, -0.25) is 4.79 Å². The summed E-state index contributed by atoms with van der Waals surface area (Å²) in [5, 5.41) is 12.8. The number of rotatable bonds is 11. The van der Waals surface area contributed by atoms with Gasteiger partial charge in [-0.25, -0.2) is 0 Å². The van der Waals surface area contributed by atoms with Crippen molar-refractivity contribution in [3.63, 3.8) is 0 Å². The summed E-state index contributed by atoms with van der Waals surface area (Å²) in [5.41, 5.74) is 0.0189. The molecule has 0 bridgehead atoms. The average Bonchev–Trinajstić information content (AvgIpc) is 3.39. The molecule has 1 amide bonds. The molecule has 1 fully saturated rings. The van der Waals surface area contributed by atoms with Crippen molar-refractivity contribution in [2.24, 2.45) is 5.41 Å². The van der Waals surface area contributed by atoms with E-state index in [0.717, 1.165) is 19.3 Å². The first kappa shape index (κ1) is 21.4. The van der Waals surface area contributed by atoms with Gasteiger partial charge in [-0.1, -0.05) is 19.1 Å². The maximum absolute atomic E-state index is 12.4. The Labute approximate surface area is 154 Å². The van der Waals surface area contributed by atoms with Gasteiger partial charge in [0.1, 0.15) is 5.75 Å². The maximum Gasteiger partial charge on any atom is 0.387 e. The van der Waals surface area contributed by atoms with Gasteiger partial charge in [0, 0.05) is 0 Å². The summed E-state index contributed by atoms with van der Waals surface area (Å²) < 4.78 is 58.2. The number of halogens is 4. The highest BCUT2D eigenvalue weighted by molar-refractivity contribution is 5.77. The molecule has 2 N–H and O–H groups in total. The van der Waals surface area contributed by atoms with Crippen LogP contribution in [0.15, 0.2) is 24.3 Å². The third kappa shape index (κ3) is 6.35. The van der Waals surface area contributed by atoms with Crippen molar-refractivity contribution >= 4 is 5.91 Å². The molecule has 1 aliphatic rings. The fourth-order valence-electron chi connectivity index (χ4n) is 3.03. The number of nitrogens with one attached hydrogen (secondary N) is 1. The molecule has 1 aromatic carbocycles. The lowest BCUT2D eigenvalue weighted by molar-refractivity contribution is -0.139. The van der Waals surface area contributed by atoms with Gasteiger partial charge in [0.2, 0.25) is 5.91 Å². The first-order valence-corrected chi connectivity index (χ1v) is 8.67. The van der Waals surface area contributed by atoms with E-state index in [0.29, 0.717) is 0 Å². The van der Waals surface area contributed by atoms with Crippen molar-refractivity contribution in [2.45, 2.75) is 58.0 Å². The third-order valence-corrected chi connectivity index (χ3v) is 4.89.